The van der Waals surface area contributed by atoms with Crippen LogP contribution in [-0.2, 0) is 4.79 Å². The first-order valence-electron chi connectivity index (χ1n) is 10.7. The van der Waals surface area contributed by atoms with Crippen molar-refractivity contribution < 1.29 is 19.4 Å². The zero-order valence-corrected chi connectivity index (χ0v) is 18.4. The van der Waals surface area contributed by atoms with Crippen molar-refractivity contribution in [1.29, 1.82) is 0 Å². The van der Waals surface area contributed by atoms with Crippen LogP contribution in [0.15, 0.2) is 18.2 Å². The second-order valence-electron chi connectivity index (χ2n) is 9.39. The van der Waals surface area contributed by atoms with Gasteiger partial charge in [-0.3, -0.25) is 4.79 Å². The van der Waals surface area contributed by atoms with Gasteiger partial charge in [0.15, 0.2) is 11.5 Å². The van der Waals surface area contributed by atoms with Gasteiger partial charge in [0.1, 0.15) is 0 Å². The number of rotatable bonds is 8. The Labute approximate surface area is 174 Å². The smallest absolute Gasteiger partial charge is 0.239 e. The zero-order chi connectivity index (χ0) is 21.3. The fraction of sp³-hybridized carbons (Fsp3) is 0.696. The van der Waals surface area contributed by atoms with E-state index in [2.05, 4.69) is 0 Å². The van der Waals surface area contributed by atoms with Gasteiger partial charge in [-0.2, -0.15) is 0 Å². The van der Waals surface area contributed by atoms with Crippen LogP contribution in [0.3, 0.4) is 0 Å². The van der Waals surface area contributed by atoms with Crippen molar-refractivity contribution in [2.24, 2.45) is 23.0 Å². The van der Waals surface area contributed by atoms with Gasteiger partial charge in [-0.05, 0) is 49.3 Å². The van der Waals surface area contributed by atoms with E-state index in [-0.39, 0.29) is 17.7 Å². The molecular formula is C23H36N2O4. The Morgan fingerprint density at radius 1 is 1.31 bits per heavy atom. The number of hydrogen-bond acceptors (Lipinski definition) is 5. The number of carbonyl (C=O) groups excluding carboxylic acids is 1. The van der Waals surface area contributed by atoms with Crippen LogP contribution in [-0.4, -0.2) is 54.9 Å². The van der Waals surface area contributed by atoms with Crippen LogP contribution in [0.2, 0.25) is 0 Å². The first-order chi connectivity index (χ1) is 13.7. The molecule has 3 rings (SSSR count). The maximum absolute atomic E-state index is 12.9. The number of ether oxygens (including phenoxy) is 2. The minimum atomic E-state index is -0.571. The predicted octanol–water partition coefficient (Wildman–Crippen LogP) is 2.78. The van der Waals surface area contributed by atoms with Crippen LogP contribution in [0.4, 0.5) is 0 Å². The summed E-state index contributed by atoms with van der Waals surface area (Å²) in [5.74, 6) is 2.09. The van der Waals surface area contributed by atoms with Crippen molar-refractivity contribution in [1.82, 2.24) is 4.90 Å². The highest BCUT2D eigenvalue weighted by atomic mass is 16.5. The molecule has 0 radical (unpaired) electrons. The maximum Gasteiger partial charge on any atom is 0.239 e. The molecular weight excluding hydrogens is 368 g/mol. The van der Waals surface area contributed by atoms with Crippen molar-refractivity contribution in [3.63, 3.8) is 0 Å². The van der Waals surface area contributed by atoms with Gasteiger partial charge in [-0.15, -0.1) is 0 Å². The highest BCUT2D eigenvalue weighted by molar-refractivity contribution is 5.82. The number of aliphatic hydroxyl groups is 1. The molecule has 1 saturated carbocycles. The second-order valence-corrected chi connectivity index (χ2v) is 9.39. The first-order valence-corrected chi connectivity index (χ1v) is 10.7. The third-order valence-corrected chi connectivity index (χ3v) is 6.76. The molecule has 4 atom stereocenters. The molecule has 1 heterocycles. The van der Waals surface area contributed by atoms with E-state index in [1.165, 1.54) is 12.8 Å². The predicted molar refractivity (Wildman–Crippen MR) is 113 cm³/mol. The van der Waals surface area contributed by atoms with Crippen LogP contribution in [0.5, 0.6) is 11.5 Å². The molecule has 162 valence electrons. The summed E-state index contributed by atoms with van der Waals surface area (Å²) in [4.78, 5) is 14.7. The Balaban J connectivity index is 1.88. The first kappa shape index (κ1) is 21.9. The summed E-state index contributed by atoms with van der Waals surface area (Å²) in [6, 6.07) is 5.43. The summed E-state index contributed by atoms with van der Waals surface area (Å²) in [5.41, 5.74) is 6.72. The molecule has 0 spiro atoms. The fourth-order valence-electron chi connectivity index (χ4n) is 4.10. The Hall–Kier alpha value is -1.79. The van der Waals surface area contributed by atoms with E-state index < -0.39 is 17.6 Å². The lowest BCUT2D eigenvalue weighted by molar-refractivity contribution is -0.133. The number of methoxy groups -OCH3 is 1. The van der Waals surface area contributed by atoms with E-state index in [4.69, 9.17) is 15.2 Å². The summed E-state index contributed by atoms with van der Waals surface area (Å²) in [6.07, 6.45) is 1.87. The van der Waals surface area contributed by atoms with Gasteiger partial charge in [0.25, 0.3) is 0 Å². The number of nitrogens with two attached hydrogens (primary N) is 1. The molecule has 3 N–H and O–H groups in total. The van der Waals surface area contributed by atoms with Crippen LogP contribution in [0.25, 0.3) is 0 Å². The summed E-state index contributed by atoms with van der Waals surface area (Å²) < 4.78 is 11.5. The summed E-state index contributed by atoms with van der Waals surface area (Å²) >= 11 is 0. The minimum Gasteiger partial charge on any atom is -0.493 e. The number of carbonyl (C=O) groups is 1. The molecule has 1 unspecified atom stereocenters. The molecule has 6 nitrogen and oxygen atoms in total. The average molecular weight is 405 g/mol. The standard InChI is InChI=1S/C23H36N2O4/c1-14(2)21(24)22(27)25-11-18(23(4,13-25)15(3)26)17-8-9-19(28-5)20(10-17)29-12-16-6-7-16/h8-10,14-16,18,21,26H,6-7,11-13,24H2,1-5H3/t15-,18?,21+,23+/m1/s1. The molecule has 1 amide bonds. The molecule has 1 aliphatic heterocycles. The molecule has 2 fully saturated rings. The summed E-state index contributed by atoms with van der Waals surface area (Å²) in [5, 5.41) is 10.6. The molecule has 1 aliphatic carbocycles. The maximum atomic E-state index is 12.9. The van der Waals surface area contributed by atoms with E-state index in [9.17, 15) is 9.90 Å². The molecule has 1 aromatic carbocycles. The van der Waals surface area contributed by atoms with E-state index in [0.717, 1.165) is 11.3 Å². The summed E-state index contributed by atoms with van der Waals surface area (Å²) in [7, 11) is 1.64. The molecule has 1 aromatic rings. The van der Waals surface area contributed by atoms with Gasteiger partial charge >= 0.3 is 0 Å². The van der Waals surface area contributed by atoms with Gasteiger partial charge in [0, 0.05) is 24.4 Å². The Bertz CT molecular complexity index is 732. The number of benzene rings is 1. The minimum absolute atomic E-state index is 0.0139. The van der Waals surface area contributed by atoms with Crippen LogP contribution in [0.1, 0.15) is 52.0 Å². The second kappa shape index (κ2) is 8.52. The number of nitrogens with zero attached hydrogens (tertiary/aromatic N) is 1. The molecule has 6 heteroatoms. The van der Waals surface area contributed by atoms with Crippen LogP contribution < -0.4 is 15.2 Å². The molecule has 29 heavy (non-hydrogen) atoms. The lowest BCUT2D eigenvalue weighted by atomic mass is 9.72. The van der Waals surface area contributed by atoms with Crippen molar-refractivity contribution in [2.75, 3.05) is 26.8 Å². The molecule has 1 saturated heterocycles. The van der Waals surface area contributed by atoms with E-state index >= 15 is 0 Å². The lowest BCUT2D eigenvalue weighted by Crippen LogP contribution is -2.46. The molecule has 2 aliphatic rings. The average Bonchev–Trinajstić information content (AvgIpc) is 3.45. The highest BCUT2D eigenvalue weighted by Gasteiger charge is 2.49. The van der Waals surface area contributed by atoms with E-state index in [0.29, 0.717) is 31.4 Å². The Morgan fingerprint density at radius 2 is 2.00 bits per heavy atom. The molecule has 0 bridgehead atoms. The van der Waals surface area contributed by atoms with Gasteiger partial charge in [-0.25, -0.2) is 0 Å². The normalized spacial score (nSPS) is 26.5. The van der Waals surface area contributed by atoms with Gasteiger partial charge in [0.2, 0.25) is 5.91 Å². The van der Waals surface area contributed by atoms with E-state index in [1.54, 1.807) is 14.0 Å². The molecule has 0 aromatic heterocycles. The van der Waals surface area contributed by atoms with Gasteiger partial charge in [0.05, 0.1) is 25.9 Å². The van der Waals surface area contributed by atoms with Crippen LogP contribution >= 0.6 is 0 Å². The summed E-state index contributed by atoms with van der Waals surface area (Å²) in [6.45, 7) is 9.48. The Kier molecular flexibility index (Phi) is 6.44. The van der Waals surface area contributed by atoms with Crippen molar-refractivity contribution in [2.45, 2.75) is 58.6 Å². The van der Waals surface area contributed by atoms with Crippen molar-refractivity contribution in [3.8, 4) is 11.5 Å². The number of aliphatic hydroxyl groups excluding tert-OH is 1. The Morgan fingerprint density at radius 3 is 2.55 bits per heavy atom. The monoisotopic (exact) mass is 404 g/mol. The fourth-order valence-corrected chi connectivity index (χ4v) is 4.10. The topological polar surface area (TPSA) is 85.0 Å². The third-order valence-electron chi connectivity index (χ3n) is 6.76. The highest BCUT2D eigenvalue weighted by Crippen LogP contribution is 2.47. The number of hydrogen-bond donors (Lipinski definition) is 2. The van der Waals surface area contributed by atoms with Crippen molar-refractivity contribution >= 4 is 5.91 Å². The van der Waals surface area contributed by atoms with E-state index in [1.807, 2.05) is 43.9 Å². The van der Waals surface area contributed by atoms with Gasteiger partial charge < -0.3 is 25.2 Å². The largest absolute Gasteiger partial charge is 0.493 e. The van der Waals surface area contributed by atoms with Crippen molar-refractivity contribution in [3.05, 3.63) is 23.8 Å². The van der Waals surface area contributed by atoms with Gasteiger partial charge in [-0.1, -0.05) is 26.8 Å². The quantitative estimate of drug-likeness (QED) is 0.696. The number of likely N-dealkylation sites (tertiary alicyclic amines) is 1. The zero-order valence-electron chi connectivity index (χ0n) is 18.4. The number of amides is 1. The van der Waals surface area contributed by atoms with Crippen LogP contribution in [0, 0.1) is 17.3 Å². The SMILES string of the molecule is COc1ccc(C2CN(C(=O)[C@@H](N)C(C)C)C[C@@]2(C)[C@@H](C)O)cc1OCC1CC1. The lowest BCUT2D eigenvalue weighted by Gasteiger charge is -2.34. The third kappa shape index (κ3) is 4.53.